The Hall–Kier alpha value is -2.26. The first-order valence-electron chi connectivity index (χ1n) is 6.74. The fourth-order valence-corrected chi connectivity index (χ4v) is 2.75. The van der Waals surface area contributed by atoms with Crippen LogP contribution in [0.3, 0.4) is 0 Å². The minimum atomic E-state index is 0.215. The van der Waals surface area contributed by atoms with E-state index in [-0.39, 0.29) is 6.04 Å². The third kappa shape index (κ3) is 2.17. The molecular weight excluding hydrogens is 246 g/mol. The minimum Gasteiger partial charge on any atom is -0.399 e. The Kier molecular flexibility index (Phi) is 3.20. The molecule has 0 saturated carbocycles. The molecule has 3 N–H and O–H groups in total. The van der Waals surface area contributed by atoms with Crippen molar-refractivity contribution in [1.29, 1.82) is 0 Å². The third-order valence-electron chi connectivity index (χ3n) is 3.68. The molecule has 0 aliphatic heterocycles. The van der Waals surface area contributed by atoms with Gasteiger partial charge in [-0.1, -0.05) is 30.3 Å². The molecule has 102 valence electrons. The number of para-hydroxylation sites is 1. The zero-order chi connectivity index (χ0) is 14.1. The Bertz CT molecular complexity index is 710. The van der Waals surface area contributed by atoms with Crippen LogP contribution in [-0.4, -0.2) is 24.0 Å². The Balaban J connectivity index is 2.13. The molecule has 0 aliphatic carbocycles. The van der Waals surface area contributed by atoms with Gasteiger partial charge in [-0.15, -0.1) is 0 Å². The first kappa shape index (κ1) is 12.8. The van der Waals surface area contributed by atoms with E-state index in [4.69, 9.17) is 5.73 Å². The summed E-state index contributed by atoms with van der Waals surface area (Å²) >= 11 is 0. The molecule has 0 amide bonds. The summed E-state index contributed by atoms with van der Waals surface area (Å²) in [4.78, 5) is 5.58. The summed E-state index contributed by atoms with van der Waals surface area (Å²) in [6, 6.07) is 16.7. The highest BCUT2D eigenvalue weighted by molar-refractivity contribution is 5.84. The van der Waals surface area contributed by atoms with E-state index < -0.39 is 0 Å². The van der Waals surface area contributed by atoms with Crippen molar-refractivity contribution >= 4 is 16.6 Å². The van der Waals surface area contributed by atoms with Crippen LogP contribution in [0.2, 0.25) is 0 Å². The van der Waals surface area contributed by atoms with Gasteiger partial charge in [0.15, 0.2) is 0 Å². The standard InChI is InChI=1S/C17H19N3/c1-20(2)17(12-7-9-13(18)10-8-12)15-11-19-16-6-4-3-5-14(15)16/h3-11,17,19H,18H2,1-2H3. The van der Waals surface area contributed by atoms with E-state index in [1.54, 1.807) is 0 Å². The fourth-order valence-electron chi connectivity index (χ4n) is 2.75. The van der Waals surface area contributed by atoms with Gasteiger partial charge in [0.1, 0.15) is 0 Å². The lowest BCUT2D eigenvalue weighted by Gasteiger charge is -2.24. The highest BCUT2D eigenvalue weighted by Gasteiger charge is 2.19. The molecular formula is C17H19N3. The molecule has 0 saturated heterocycles. The maximum atomic E-state index is 5.79. The summed E-state index contributed by atoms with van der Waals surface area (Å²) in [6.45, 7) is 0. The predicted octanol–water partition coefficient (Wildman–Crippen LogP) is 3.40. The normalized spacial score (nSPS) is 12.9. The molecule has 3 rings (SSSR count). The Morgan fingerprint density at radius 1 is 1.00 bits per heavy atom. The van der Waals surface area contributed by atoms with Crippen LogP contribution in [0.25, 0.3) is 10.9 Å². The molecule has 1 unspecified atom stereocenters. The summed E-state index contributed by atoms with van der Waals surface area (Å²) in [6.07, 6.45) is 2.10. The average molecular weight is 265 g/mol. The quantitative estimate of drug-likeness (QED) is 0.713. The lowest BCUT2D eigenvalue weighted by atomic mass is 9.97. The smallest absolute Gasteiger partial charge is 0.0618 e. The van der Waals surface area contributed by atoms with Crippen LogP contribution in [0.5, 0.6) is 0 Å². The minimum absolute atomic E-state index is 0.215. The molecule has 1 heterocycles. The SMILES string of the molecule is CN(C)C(c1ccc(N)cc1)c1c[nH]c2ccccc12. The molecule has 3 heteroatoms. The van der Waals surface area contributed by atoms with Gasteiger partial charge in [0.2, 0.25) is 0 Å². The highest BCUT2D eigenvalue weighted by Crippen LogP contribution is 2.32. The fraction of sp³-hybridized carbons (Fsp3) is 0.176. The number of H-pyrrole nitrogens is 1. The lowest BCUT2D eigenvalue weighted by molar-refractivity contribution is 0.344. The van der Waals surface area contributed by atoms with Crippen molar-refractivity contribution in [2.24, 2.45) is 0 Å². The van der Waals surface area contributed by atoms with Gasteiger partial charge in [-0.3, -0.25) is 4.90 Å². The average Bonchev–Trinajstić information content (AvgIpc) is 2.85. The monoisotopic (exact) mass is 265 g/mol. The number of rotatable bonds is 3. The van der Waals surface area contributed by atoms with E-state index in [0.717, 1.165) is 5.69 Å². The van der Waals surface area contributed by atoms with Crippen LogP contribution in [0.4, 0.5) is 5.69 Å². The first-order valence-corrected chi connectivity index (χ1v) is 6.74. The molecule has 0 aliphatic rings. The van der Waals surface area contributed by atoms with E-state index in [9.17, 15) is 0 Å². The Labute approximate surface area is 119 Å². The van der Waals surface area contributed by atoms with Crippen LogP contribution in [-0.2, 0) is 0 Å². The number of fused-ring (bicyclic) bond motifs is 1. The van der Waals surface area contributed by atoms with Gasteiger partial charge in [-0.2, -0.15) is 0 Å². The zero-order valence-electron chi connectivity index (χ0n) is 11.8. The number of nitrogens with two attached hydrogens (primary N) is 1. The van der Waals surface area contributed by atoms with Gasteiger partial charge in [0, 0.05) is 22.8 Å². The number of aromatic amines is 1. The molecule has 20 heavy (non-hydrogen) atoms. The molecule has 3 nitrogen and oxygen atoms in total. The molecule has 3 aromatic rings. The third-order valence-corrected chi connectivity index (χ3v) is 3.68. The number of nitrogens with one attached hydrogen (secondary N) is 1. The maximum Gasteiger partial charge on any atom is 0.0618 e. The summed E-state index contributed by atoms with van der Waals surface area (Å²) < 4.78 is 0. The van der Waals surface area contributed by atoms with Crippen molar-refractivity contribution in [3.8, 4) is 0 Å². The summed E-state index contributed by atoms with van der Waals surface area (Å²) in [5, 5.41) is 1.27. The van der Waals surface area contributed by atoms with Crippen molar-refractivity contribution in [2.75, 3.05) is 19.8 Å². The number of nitrogen functional groups attached to an aromatic ring is 1. The van der Waals surface area contributed by atoms with E-state index >= 15 is 0 Å². The highest BCUT2D eigenvalue weighted by atomic mass is 15.1. The van der Waals surface area contributed by atoms with Crippen LogP contribution in [0, 0.1) is 0 Å². The number of hydrogen-bond donors (Lipinski definition) is 2. The van der Waals surface area contributed by atoms with Gasteiger partial charge >= 0.3 is 0 Å². The first-order chi connectivity index (χ1) is 9.66. The van der Waals surface area contributed by atoms with Crippen molar-refractivity contribution in [3.63, 3.8) is 0 Å². The van der Waals surface area contributed by atoms with Crippen LogP contribution in [0.1, 0.15) is 17.2 Å². The Morgan fingerprint density at radius 3 is 2.40 bits per heavy atom. The van der Waals surface area contributed by atoms with Gasteiger partial charge in [-0.25, -0.2) is 0 Å². The number of benzene rings is 2. The van der Waals surface area contributed by atoms with Crippen molar-refractivity contribution in [1.82, 2.24) is 9.88 Å². The molecule has 0 fully saturated rings. The molecule has 1 aromatic heterocycles. The lowest BCUT2D eigenvalue weighted by Crippen LogP contribution is -2.20. The van der Waals surface area contributed by atoms with Crippen molar-refractivity contribution in [3.05, 3.63) is 65.9 Å². The number of nitrogens with zero attached hydrogens (tertiary/aromatic N) is 1. The molecule has 0 radical (unpaired) electrons. The van der Waals surface area contributed by atoms with Crippen LogP contribution >= 0.6 is 0 Å². The van der Waals surface area contributed by atoms with Crippen LogP contribution in [0.15, 0.2) is 54.7 Å². The number of aromatic nitrogens is 1. The second kappa shape index (κ2) is 5.02. The number of hydrogen-bond acceptors (Lipinski definition) is 2. The summed E-state index contributed by atoms with van der Waals surface area (Å²) in [5.74, 6) is 0. The van der Waals surface area contributed by atoms with E-state index in [2.05, 4.69) is 66.6 Å². The second-order valence-electron chi connectivity index (χ2n) is 5.32. The van der Waals surface area contributed by atoms with Crippen LogP contribution < -0.4 is 5.73 Å². The predicted molar refractivity (Wildman–Crippen MR) is 84.7 cm³/mol. The van der Waals surface area contributed by atoms with Crippen molar-refractivity contribution < 1.29 is 0 Å². The largest absolute Gasteiger partial charge is 0.399 e. The van der Waals surface area contributed by atoms with E-state index in [1.807, 2.05) is 12.1 Å². The summed E-state index contributed by atoms with van der Waals surface area (Å²) in [5.41, 5.74) is 10.3. The van der Waals surface area contributed by atoms with Gasteiger partial charge in [-0.05, 0) is 43.4 Å². The van der Waals surface area contributed by atoms with Gasteiger partial charge in [0.25, 0.3) is 0 Å². The molecule has 1 atom stereocenters. The Morgan fingerprint density at radius 2 is 1.70 bits per heavy atom. The summed E-state index contributed by atoms with van der Waals surface area (Å²) in [7, 11) is 4.20. The second-order valence-corrected chi connectivity index (χ2v) is 5.32. The van der Waals surface area contributed by atoms with Gasteiger partial charge in [0.05, 0.1) is 6.04 Å². The molecule has 0 bridgehead atoms. The zero-order valence-corrected chi connectivity index (χ0v) is 11.8. The van der Waals surface area contributed by atoms with E-state index in [1.165, 1.54) is 22.0 Å². The van der Waals surface area contributed by atoms with Crippen molar-refractivity contribution in [2.45, 2.75) is 6.04 Å². The maximum absolute atomic E-state index is 5.79. The molecule has 0 spiro atoms. The number of anilines is 1. The molecule has 2 aromatic carbocycles. The van der Waals surface area contributed by atoms with Gasteiger partial charge < -0.3 is 10.7 Å². The topological polar surface area (TPSA) is 45.0 Å². The van der Waals surface area contributed by atoms with E-state index in [0.29, 0.717) is 0 Å².